The van der Waals surface area contributed by atoms with Gasteiger partial charge in [-0.3, -0.25) is 4.90 Å². The van der Waals surface area contributed by atoms with Gasteiger partial charge in [-0.15, -0.1) is 0 Å². The molecule has 270 valence electrons. The Bertz CT molecular complexity index is 2370. The van der Waals surface area contributed by atoms with Crippen LogP contribution in [0.4, 0.5) is 17.1 Å². The summed E-state index contributed by atoms with van der Waals surface area (Å²) in [6.45, 7) is 18.5. The van der Waals surface area contributed by atoms with Gasteiger partial charge in [0, 0.05) is 22.3 Å². The molecule has 9 rings (SSSR count). The lowest BCUT2D eigenvalue weighted by atomic mass is 9.91. The summed E-state index contributed by atoms with van der Waals surface area (Å²) in [5.41, 5.74) is 14.0. The standard InChI is InChI=1S/C49H48N3O2/c1-29(2)34-17-15-18-35(30(3)4)46(34)51-38-21-9-10-22-39(38)52(47-36(31(5)6)19-16-20-37(47)32(7)8)49(51)33-27-44-48-45(28-33)54-43-26-14-12-24-41(43)50(48)40-23-11-13-25-42(40)53-44/h9-32H,1-8H3/q+1. The summed E-state index contributed by atoms with van der Waals surface area (Å²) < 4.78 is 18.8. The van der Waals surface area contributed by atoms with E-state index < -0.39 is 0 Å². The van der Waals surface area contributed by atoms with Crippen molar-refractivity contribution < 1.29 is 14.0 Å². The van der Waals surface area contributed by atoms with E-state index in [-0.39, 0.29) is 0 Å². The first-order chi connectivity index (χ1) is 26.1. The zero-order valence-electron chi connectivity index (χ0n) is 32.5. The highest BCUT2D eigenvalue weighted by Crippen LogP contribution is 2.60. The van der Waals surface area contributed by atoms with Crippen LogP contribution in [0.3, 0.4) is 0 Å². The predicted molar refractivity (Wildman–Crippen MR) is 221 cm³/mol. The minimum absolute atomic E-state index is 0.299. The number of para-hydroxylation sites is 8. The number of nitrogens with zero attached hydrogens (tertiary/aromatic N) is 3. The third-order valence-corrected chi connectivity index (χ3v) is 11.1. The van der Waals surface area contributed by atoms with Crippen LogP contribution >= 0.6 is 0 Å². The number of hydrogen-bond acceptors (Lipinski definition) is 3. The maximum Gasteiger partial charge on any atom is 0.300 e. The second-order valence-electron chi connectivity index (χ2n) is 16.0. The molecule has 7 aromatic rings. The van der Waals surface area contributed by atoms with Crippen LogP contribution in [0.1, 0.15) is 101 Å². The zero-order chi connectivity index (χ0) is 37.4. The highest BCUT2D eigenvalue weighted by Gasteiger charge is 2.39. The Morgan fingerprint density at radius 1 is 0.463 bits per heavy atom. The molecule has 54 heavy (non-hydrogen) atoms. The quantitative estimate of drug-likeness (QED) is 0.154. The molecule has 5 heteroatoms. The molecule has 5 nitrogen and oxygen atoms in total. The summed E-state index contributed by atoms with van der Waals surface area (Å²) in [6.07, 6.45) is 0. The molecule has 2 aliphatic rings. The Balaban J connectivity index is 1.47. The minimum atomic E-state index is 0.299. The summed E-state index contributed by atoms with van der Waals surface area (Å²) in [4.78, 5) is 2.30. The van der Waals surface area contributed by atoms with Crippen molar-refractivity contribution in [2.45, 2.75) is 79.1 Å². The predicted octanol–water partition coefficient (Wildman–Crippen LogP) is 13.7. The van der Waals surface area contributed by atoms with Gasteiger partial charge in [0.05, 0.1) is 16.9 Å². The zero-order valence-corrected chi connectivity index (χ0v) is 32.5. The maximum absolute atomic E-state index is 6.87. The molecule has 0 spiro atoms. The van der Waals surface area contributed by atoms with Crippen LogP contribution < -0.4 is 18.9 Å². The van der Waals surface area contributed by atoms with Crippen LogP contribution in [0, 0.1) is 0 Å². The van der Waals surface area contributed by atoms with E-state index in [1.807, 2.05) is 12.1 Å². The van der Waals surface area contributed by atoms with E-state index in [1.165, 1.54) is 33.6 Å². The fraction of sp³-hybridized carbons (Fsp3) is 0.245. The van der Waals surface area contributed by atoms with Crippen LogP contribution in [-0.4, -0.2) is 4.57 Å². The summed E-state index contributed by atoms with van der Waals surface area (Å²) in [7, 11) is 0. The van der Waals surface area contributed by atoms with Crippen LogP contribution in [0.25, 0.3) is 33.8 Å². The molecule has 0 bridgehead atoms. The molecular formula is C49H48N3O2+. The van der Waals surface area contributed by atoms with Crippen molar-refractivity contribution >= 4 is 28.1 Å². The van der Waals surface area contributed by atoms with Crippen molar-refractivity contribution in [3.63, 3.8) is 0 Å². The first kappa shape index (κ1) is 34.0. The molecule has 0 unspecified atom stereocenters. The van der Waals surface area contributed by atoms with Gasteiger partial charge in [0.1, 0.15) is 17.1 Å². The number of imidazole rings is 1. The highest BCUT2D eigenvalue weighted by atomic mass is 16.5. The Kier molecular flexibility index (Phi) is 8.15. The summed E-state index contributed by atoms with van der Waals surface area (Å²) in [5, 5.41) is 0. The van der Waals surface area contributed by atoms with Crippen molar-refractivity contribution in [3.05, 3.63) is 144 Å². The van der Waals surface area contributed by atoms with Crippen LogP contribution in [0.5, 0.6) is 23.0 Å². The van der Waals surface area contributed by atoms with Gasteiger partial charge >= 0.3 is 5.82 Å². The summed E-state index contributed by atoms with van der Waals surface area (Å²) in [5.74, 6) is 5.43. The molecule has 0 saturated heterocycles. The fourth-order valence-electron chi connectivity index (χ4n) is 8.57. The van der Waals surface area contributed by atoms with E-state index in [4.69, 9.17) is 9.47 Å². The van der Waals surface area contributed by atoms with Crippen LogP contribution in [0.2, 0.25) is 0 Å². The summed E-state index contributed by atoms with van der Waals surface area (Å²) >= 11 is 0. The SMILES string of the molecule is CC(C)c1cccc(C(C)C)c1-n1c(-c2cc3c4c(c2)Oc2ccccc2N4c2ccccc2O3)[n+](-c2c(C(C)C)cccc2C(C)C)c2ccccc21. The number of rotatable bonds is 7. The molecule has 1 aromatic heterocycles. The first-order valence-corrected chi connectivity index (χ1v) is 19.5. The van der Waals surface area contributed by atoms with E-state index in [1.54, 1.807) is 0 Å². The Labute approximate surface area is 319 Å². The van der Waals surface area contributed by atoms with Gasteiger partial charge in [0.2, 0.25) is 0 Å². The van der Waals surface area contributed by atoms with E-state index in [2.05, 4.69) is 179 Å². The maximum atomic E-state index is 6.87. The molecule has 0 atom stereocenters. The first-order valence-electron chi connectivity index (χ1n) is 19.5. The van der Waals surface area contributed by atoms with Crippen molar-refractivity contribution in [2.75, 3.05) is 4.90 Å². The number of benzene rings is 6. The topological polar surface area (TPSA) is 30.5 Å². The number of anilines is 3. The lowest BCUT2D eigenvalue weighted by molar-refractivity contribution is -0.556. The Morgan fingerprint density at radius 3 is 1.44 bits per heavy atom. The smallest absolute Gasteiger partial charge is 0.300 e. The van der Waals surface area contributed by atoms with Gasteiger partial charge in [0.15, 0.2) is 34.0 Å². The number of fused-ring (bicyclic) bond motifs is 5. The van der Waals surface area contributed by atoms with Gasteiger partial charge in [-0.1, -0.05) is 128 Å². The minimum Gasteiger partial charge on any atom is -0.453 e. The summed E-state index contributed by atoms with van der Waals surface area (Å²) in [6, 6.07) is 43.7. The molecule has 0 N–H and O–H groups in total. The molecule has 6 aromatic carbocycles. The van der Waals surface area contributed by atoms with Crippen LogP contribution in [0.15, 0.2) is 121 Å². The van der Waals surface area contributed by atoms with E-state index >= 15 is 0 Å². The molecule has 0 aliphatic carbocycles. The largest absolute Gasteiger partial charge is 0.453 e. The van der Waals surface area contributed by atoms with Crippen molar-refractivity contribution in [1.29, 1.82) is 0 Å². The van der Waals surface area contributed by atoms with E-state index in [0.29, 0.717) is 23.7 Å². The molecule has 0 amide bonds. The average molecular weight is 711 g/mol. The number of aromatic nitrogens is 2. The Morgan fingerprint density at radius 2 is 0.926 bits per heavy atom. The number of hydrogen-bond donors (Lipinski definition) is 0. The normalized spacial score (nSPS) is 13.0. The second kappa shape index (κ2) is 12.9. The lowest BCUT2D eigenvalue weighted by Crippen LogP contribution is -2.36. The third kappa shape index (κ3) is 5.16. The van der Waals surface area contributed by atoms with Crippen LogP contribution in [-0.2, 0) is 0 Å². The van der Waals surface area contributed by atoms with Gasteiger partial charge in [-0.05, 0) is 72.2 Å². The van der Waals surface area contributed by atoms with Gasteiger partial charge in [0.25, 0.3) is 0 Å². The second-order valence-corrected chi connectivity index (χ2v) is 16.0. The van der Waals surface area contributed by atoms with Crippen molar-refractivity contribution in [2.24, 2.45) is 0 Å². The number of ether oxygens (including phenoxy) is 2. The van der Waals surface area contributed by atoms with Gasteiger partial charge < -0.3 is 9.47 Å². The molecule has 0 saturated carbocycles. The monoisotopic (exact) mass is 710 g/mol. The van der Waals surface area contributed by atoms with Crippen molar-refractivity contribution in [1.82, 2.24) is 4.57 Å². The van der Waals surface area contributed by atoms with Gasteiger partial charge in [-0.2, -0.15) is 9.13 Å². The third-order valence-electron chi connectivity index (χ3n) is 11.1. The lowest BCUT2D eigenvalue weighted by Gasteiger charge is -2.37. The molecule has 0 fully saturated rings. The van der Waals surface area contributed by atoms with Gasteiger partial charge in [-0.25, -0.2) is 0 Å². The van der Waals surface area contributed by atoms with E-state index in [9.17, 15) is 0 Å². The molecule has 0 radical (unpaired) electrons. The highest BCUT2D eigenvalue weighted by molar-refractivity contribution is 5.95. The molecule has 2 aliphatic heterocycles. The van der Waals surface area contributed by atoms with E-state index in [0.717, 1.165) is 62.5 Å². The Hall–Kier alpha value is -5.81. The van der Waals surface area contributed by atoms with Crippen molar-refractivity contribution in [3.8, 4) is 45.8 Å². The molecular weight excluding hydrogens is 663 g/mol. The fourth-order valence-corrected chi connectivity index (χ4v) is 8.57. The molecule has 3 heterocycles. The average Bonchev–Trinajstić information content (AvgIpc) is 3.51.